The molecule has 2 aliphatic rings. The van der Waals surface area contributed by atoms with Gasteiger partial charge in [0.25, 0.3) is 0 Å². The van der Waals surface area contributed by atoms with Crippen molar-refractivity contribution in [3.8, 4) is 0 Å². The Bertz CT molecular complexity index is 723. The molecule has 1 N–H and O–H groups in total. The van der Waals surface area contributed by atoms with Crippen molar-refractivity contribution in [1.82, 2.24) is 0 Å². The Hall–Kier alpha value is -2.10. The molecule has 152 valence electrons. The highest BCUT2D eigenvalue weighted by molar-refractivity contribution is 5.87. The van der Waals surface area contributed by atoms with Crippen molar-refractivity contribution in [3.05, 3.63) is 42.0 Å². The first kappa shape index (κ1) is 20.6. The standard InChI is InChI=1S/C24H32O4/c1-16(2)18-13-15-24(3)14-7-10-19(23(26)27)21(24)22(18)28-20(25)12-11-17-8-5-4-6-9-17/h4-6,8-9,11-12,16,18-19,21-22H,7,10,13-15H2,1-3H3,(H,26,27)/b12-11+/t18-,19-,21+,22+,24+/m0/s1. The molecule has 4 heteroatoms. The van der Waals surface area contributed by atoms with Gasteiger partial charge in [0.05, 0.1) is 5.92 Å². The highest BCUT2D eigenvalue weighted by atomic mass is 16.5. The monoisotopic (exact) mass is 384 g/mol. The van der Waals surface area contributed by atoms with Gasteiger partial charge in [-0.1, -0.05) is 57.5 Å². The molecule has 2 fully saturated rings. The average molecular weight is 385 g/mol. The van der Waals surface area contributed by atoms with E-state index in [9.17, 15) is 14.7 Å². The van der Waals surface area contributed by atoms with Crippen LogP contribution in [-0.2, 0) is 14.3 Å². The number of rotatable bonds is 5. The van der Waals surface area contributed by atoms with Gasteiger partial charge in [-0.15, -0.1) is 0 Å². The number of benzene rings is 1. The Morgan fingerprint density at radius 2 is 1.89 bits per heavy atom. The number of hydrogen-bond acceptors (Lipinski definition) is 3. The van der Waals surface area contributed by atoms with Crippen LogP contribution in [0.2, 0.25) is 0 Å². The number of ether oxygens (including phenoxy) is 1. The molecular formula is C24H32O4. The fourth-order valence-electron chi connectivity index (χ4n) is 5.45. The van der Waals surface area contributed by atoms with Gasteiger partial charge in [0.1, 0.15) is 6.10 Å². The van der Waals surface area contributed by atoms with E-state index in [0.717, 1.165) is 31.2 Å². The van der Waals surface area contributed by atoms with E-state index in [-0.39, 0.29) is 29.3 Å². The van der Waals surface area contributed by atoms with Crippen LogP contribution < -0.4 is 0 Å². The number of aliphatic carboxylic acids is 1. The minimum atomic E-state index is -0.749. The maximum absolute atomic E-state index is 12.7. The van der Waals surface area contributed by atoms with Gasteiger partial charge in [0.2, 0.25) is 0 Å². The summed E-state index contributed by atoms with van der Waals surface area (Å²) in [4.78, 5) is 24.7. The number of carbonyl (C=O) groups is 2. The highest BCUT2D eigenvalue weighted by Gasteiger charge is 2.55. The quantitative estimate of drug-likeness (QED) is 0.561. The van der Waals surface area contributed by atoms with Gasteiger partial charge in [-0.05, 0) is 54.6 Å². The average Bonchev–Trinajstić information content (AvgIpc) is 2.66. The SMILES string of the molecule is CC(C)[C@@H]1CC[C@@]2(C)CCC[C@H](C(=O)O)[C@@H]2[C@@H]1OC(=O)/C=C/c1ccccc1. The van der Waals surface area contributed by atoms with Gasteiger partial charge in [-0.3, -0.25) is 4.79 Å². The van der Waals surface area contributed by atoms with Crippen LogP contribution in [0.1, 0.15) is 58.4 Å². The van der Waals surface area contributed by atoms with E-state index in [1.54, 1.807) is 6.08 Å². The minimum Gasteiger partial charge on any atom is -0.481 e. The smallest absolute Gasteiger partial charge is 0.331 e. The minimum absolute atomic E-state index is 0.0687. The molecule has 2 saturated carbocycles. The van der Waals surface area contributed by atoms with Crippen molar-refractivity contribution in [2.24, 2.45) is 29.1 Å². The summed E-state index contributed by atoms with van der Waals surface area (Å²) in [5.74, 6) is -1.13. The summed E-state index contributed by atoms with van der Waals surface area (Å²) in [5, 5.41) is 9.87. The molecule has 0 radical (unpaired) electrons. The predicted molar refractivity (Wildman–Crippen MR) is 109 cm³/mol. The van der Waals surface area contributed by atoms with E-state index in [1.807, 2.05) is 30.3 Å². The first-order valence-corrected chi connectivity index (χ1v) is 10.5. The zero-order chi connectivity index (χ0) is 20.3. The molecule has 0 aromatic heterocycles. The van der Waals surface area contributed by atoms with E-state index in [0.29, 0.717) is 12.3 Å². The molecule has 28 heavy (non-hydrogen) atoms. The molecule has 0 unspecified atom stereocenters. The second kappa shape index (κ2) is 8.50. The molecule has 1 aromatic rings. The molecule has 0 bridgehead atoms. The number of carboxylic acid groups (broad SMARTS) is 1. The van der Waals surface area contributed by atoms with Crippen molar-refractivity contribution in [1.29, 1.82) is 0 Å². The van der Waals surface area contributed by atoms with Crippen LogP contribution in [0.25, 0.3) is 6.08 Å². The number of esters is 1. The van der Waals surface area contributed by atoms with Crippen LogP contribution in [0.15, 0.2) is 36.4 Å². The lowest BCUT2D eigenvalue weighted by atomic mass is 9.52. The summed E-state index contributed by atoms with van der Waals surface area (Å²) in [6.45, 7) is 6.49. The molecule has 1 aromatic carbocycles. The maximum Gasteiger partial charge on any atom is 0.331 e. The van der Waals surface area contributed by atoms with Crippen LogP contribution in [0.5, 0.6) is 0 Å². The highest BCUT2D eigenvalue weighted by Crippen LogP contribution is 2.56. The van der Waals surface area contributed by atoms with Gasteiger partial charge in [0, 0.05) is 12.0 Å². The van der Waals surface area contributed by atoms with E-state index < -0.39 is 11.9 Å². The van der Waals surface area contributed by atoms with Crippen molar-refractivity contribution in [3.63, 3.8) is 0 Å². The van der Waals surface area contributed by atoms with Crippen molar-refractivity contribution < 1.29 is 19.4 Å². The summed E-state index contributed by atoms with van der Waals surface area (Å²) in [7, 11) is 0. The second-order valence-corrected chi connectivity index (χ2v) is 9.11. The van der Waals surface area contributed by atoms with Gasteiger partial charge in [-0.25, -0.2) is 4.79 Å². The van der Waals surface area contributed by atoms with Crippen LogP contribution in [0.3, 0.4) is 0 Å². The summed E-state index contributed by atoms with van der Waals surface area (Å²) < 4.78 is 6.01. The van der Waals surface area contributed by atoms with Crippen LogP contribution in [0, 0.1) is 29.1 Å². The van der Waals surface area contributed by atoms with Crippen molar-refractivity contribution in [2.45, 2.75) is 59.0 Å². The van der Waals surface area contributed by atoms with E-state index in [1.165, 1.54) is 6.08 Å². The molecule has 2 aliphatic carbocycles. The number of hydrogen-bond donors (Lipinski definition) is 1. The number of carboxylic acids is 1. The van der Waals surface area contributed by atoms with Gasteiger partial charge < -0.3 is 9.84 Å². The normalized spacial score (nSPS) is 32.9. The molecule has 3 rings (SSSR count). The Kier molecular flexibility index (Phi) is 6.26. The van der Waals surface area contributed by atoms with E-state index in [2.05, 4.69) is 20.8 Å². The molecule has 0 saturated heterocycles. The molecular weight excluding hydrogens is 352 g/mol. The largest absolute Gasteiger partial charge is 0.481 e. The predicted octanol–water partition coefficient (Wildman–Crippen LogP) is 5.18. The number of fused-ring (bicyclic) bond motifs is 1. The molecule has 0 aliphatic heterocycles. The lowest BCUT2D eigenvalue weighted by Crippen LogP contribution is -2.54. The van der Waals surface area contributed by atoms with Crippen LogP contribution in [0.4, 0.5) is 0 Å². The Morgan fingerprint density at radius 1 is 1.18 bits per heavy atom. The Labute approximate surface area is 168 Å². The molecule has 0 spiro atoms. The lowest BCUT2D eigenvalue weighted by Gasteiger charge is -2.54. The van der Waals surface area contributed by atoms with Gasteiger partial charge >= 0.3 is 11.9 Å². The fourth-order valence-corrected chi connectivity index (χ4v) is 5.45. The molecule has 0 heterocycles. The third kappa shape index (κ3) is 4.31. The van der Waals surface area contributed by atoms with E-state index >= 15 is 0 Å². The zero-order valence-electron chi connectivity index (χ0n) is 17.1. The Balaban J connectivity index is 1.85. The van der Waals surface area contributed by atoms with Crippen LogP contribution >= 0.6 is 0 Å². The summed E-state index contributed by atoms with van der Waals surface area (Å²) in [5.41, 5.74) is 0.871. The number of carbonyl (C=O) groups excluding carboxylic acids is 1. The van der Waals surface area contributed by atoms with Crippen molar-refractivity contribution >= 4 is 18.0 Å². The Morgan fingerprint density at radius 3 is 2.54 bits per heavy atom. The third-order valence-corrected chi connectivity index (χ3v) is 6.96. The van der Waals surface area contributed by atoms with E-state index in [4.69, 9.17) is 4.74 Å². The molecule has 4 nitrogen and oxygen atoms in total. The molecule has 0 amide bonds. The topological polar surface area (TPSA) is 63.6 Å². The first-order valence-electron chi connectivity index (χ1n) is 10.5. The maximum atomic E-state index is 12.7. The lowest BCUT2D eigenvalue weighted by molar-refractivity contribution is -0.180. The molecule has 5 atom stereocenters. The first-order chi connectivity index (χ1) is 13.3. The second-order valence-electron chi connectivity index (χ2n) is 9.11. The summed E-state index contributed by atoms with van der Waals surface area (Å²) in [6, 6.07) is 9.64. The summed E-state index contributed by atoms with van der Waals surface area (Å²) >= 11 is 0. The van der Waals surface area contributed by atoms with Crippen LogP contribution in [-0.4, -0.2) is 23.1 Å². The van der Waals surface area contributed by atoms with Gasteiger partial charge in [-0.2, -0.15) is 0 Å². The van der Waals surface area contributed by atoms with Crippen molar-refractivity contribution in [2.75, 3.05) is 0 Å². The summed E-state index contributed by atoms with van der Waals surface area (Å²) in [6.07, 6.45) is 7.50. The van der Waals surface area contributed by atoms with Gasteiger partial charge in [0.15, 0.2) is 0 Å². The third-order valence-electron chi connectivity index (χ3n) is 6.96. The fraction of sp³-hybridized carbons (Fsp3) is 0.583. The zero-order valence-corrected chi connectivity index (χ0v) is 17.1.